The summed E-state index contributed by atoms with van der Waals surface area (Å²) in [4.78, 5) is 25.6. The van der Waals surface area contributed by atoms with Crippen LogP contribution in [0.25, 0.3) is 0 Å². The van der Waals surface area contributed by atoms with Crippen LogP contribution in [0.15, 0.2) is 146 Å². The van der Waals surface area contributed by atoms with E-state index in [1.165, 1.54) is 48.5 Å². The number of hydrogen-bond acceptors (Lipinski definition) is 4. The van der Waals surface area contributed by atoms with E-state index in [-0.39, 0.29) is 22.7 Å². The molecular formula is C43H33F3O4. The summed E-state index contributed by atoms with van der Waals surface area (Å²) in [5, 5.41) is 0. The lowest BCUT2D eigenvalue weighted by Crippen LogP contribution is -2.40. The lowest BCUT2D eigenvalue weighted by atomic mass is 9.75. The molecule has 0 aliphatic rings. The number of carbonyl (C=O) groups is 2. The highest BCUT2D eigenvalue weighted by atomic mass is 19.4. The van der Waals surface area contributed by atoms with E-state index >= 15 is 0 Å². The minimum Gasteiger partial charge on any atom is -0.457 e. The molecule has 0 fully saturated rings. The van der Waals surface area contributed by atoms with Gasteiger partial charge >= 0.3 is 6.18 Å². The Kier molecular flexibility index (Phi) is 9.42. The number of ketones is 2. The molecule has 0 aliphatic heterocycles. The molecule has 0 radical (unpaired) electrons. The molecule has 0 spiro atoms. The smallest absolute Gasteiger partial charge is 0.402 e. The van der Waals surface area contributed by atoms with Gasteiger partial charge in [0.1, 0.15) is 28.4 Å². The molecule has 0 saturated heterocycles. The van der Waals surface area contributed by atoms with Gasteiger partial charge in [-0.1, -0.05) is 83.9 Å². The number of carbonyl (C=O) groups excluding carboxylic acids is 2. The number of aryl methyl sites for hydroxylation is 2. The van der Waals surface area contributed by atoms with Gasteiger partial charge in [-0.05, 0) is 105 Å². The zero-order chi connectivity index (χ0) is 35.5. The highest BCUT2D eigenvalue weighted by molar-refractivity contribution is 6.09. The third kappa shape index (κ3) is 7.22. The van der Waals surface area contributed by atoms with Gasteiger partial charge in [0, 0.05) is 22.3 Å². The first-order valence-corrected chi connectivity index (χ1v) is 16.0. The number of halogens is 3. The average Bonchev–Trinajstić information content (AvgIpc) is 3.12. The Morgan fingerprint density at radius 1 is 0.420 bits per heavy atom. The fourth-order valence-corrected chi connectivity index (χ4v) is 5.57. The Balaban J connectivity index is 1.13. The molecule has 4 nitrogen and oxygen atoms in total. The number of benzene rings is 6. The number of alkyl halides is 3. The van der Waals surface area contributed by atoms with Crippen molar-refractivity contribution in [2.45, 2.75) is 32.4 Å². The van der Waals surface area contributed by atoms with Crippen LogP contribution in [0.2, 0.25) is 0 Å². The minimum atomic E-state index is -4.61. The Hall–Kier alpha value is -5.95. The number of rotatable bonds is 10. The van der Waals surface area contributed by atoms with E-state index in [9.17, 15) is 22.8 Å². The van der Waals surface area contributed by atoms with Gasteiger partial charge in [0.05, 0.1) is 0 Å². The van der Waals surface area contributed by atoms with Crippen molar-refractivity contribution in [3.8, 4) is 23.0 Å². The van der Waals surface area contributed by atoms with Crippen molar-refractivity contribution in [2.75, 3.05) is 0 Å². The molecule has 0 heterocycles. The molecule has 0 unspecified atom stereocenters. The summed E-state index contributed by atoms with van der Waals surface area (Å²) >= 11 is 0. The summed E-state index contributed by atoms with van der Waals surface area (Å²) in [6.07, 6.45) is -4.61. The highest BCUT2D eigenvalue weighted by Crippen LogP contribution is 2.47. The van der Waals surface area contributed by atoms with Gasteiger partial charge in [0.25, 0.3) is 0 Å². The molecule has 0 amide bonds. The van der Waals surface area contributed by atoms with Crippen LogP contribution < -0.4 is 9.47 Å². The third-order valence-electron chi connectivity index (χ3n) is 8.76. The summed E-state index contributed by atoms with van der Waals surface area (Å²) in [6.45, 7) is 5.04. The van der Waals surface area contributed by atoms with Crippen molar-refractivity contribution in [2.24, 2.45) is 0 Å². The first-order valence-electron chi connectivity index (χ1n) is 16.0. The van der Waals surface area contributed by atoms with Gasteiger partial charge in [-0.25, -0.2) is 0 Å². The fourth-order valence-electron chi connectivity index (χ4n) is 5.57. The van der Waals surface area contributed by atoms with Crippen molar-refractivity contribution in [1.82, 2.24) is 0 Å². The van der Waals surface area contributed by atoms with Crippen LogP contribution in [0.5, 0.6) is 23.0 Å². The molecule has 6 aromatic rings. The second-order valence-corrected chi connectivity index (χ2v) is 12.3. The first kappa shape index (κ1) is 33.9. The maximum Gasteiger partial charge on any atom is 0.402 e. The second-order valence-electron chi connectivity index (χ2n) is 12.3. The van der Waals surface area contributed by atoms with E-state index in [4.69, 9.17) is 9.47 Å². The topological polar surface area (TPSA) is 52.6 Å². The van der Waals surface area contributed by atoms with E-state index < -0.39 is 11.6 Å². The summed E-state index contributed by atoms with van der Waals surface area (Å²) < 4.78 is 56.0. The maximum atomic E-state index is 14.7. The molecule has 7 heteroatoms. The predicted octanol–water partition coefficient (Wildman–Crippen LogP) is 11.2. The molecule has 6 aromatic carbocycles. The largest absolute Gasteiger partial charge is 0.457 e. The van der Waals surface area contributed by atoms with E-state index in [2.05, 4.69) is 0 Å². The van der Waals surface area contributed by atoms with Gasteiger partial charge in [-0.2, -0.15) is 13.2 Å². The average molecular weight is 671 g/mol. The highest BCUT2D eigenvalue weighted by Gasteiger charge is 2.53. The zero-order valence-electron chi connectivity index (χ0n) is 27.6. The molecule has 0 saturated carbocycles. The van der Waals surface area contributed by atoms with Gasteiger partial charge in [-0.3, -0.25) is 9.59 Å². The maximum absolute atomic E-state index is 14.7. The van der Waals surface area contributed by atoms with Gasteiger partial charge in [0.2, 0.25) is 0 Å². The summed E-state index contributed by atoms with van der Waals surface area (Å²) in [5.74, 6) is 1.36. The molecule has 0 atom stereocenters. The standard InChI is InChI=1S/C43H33F3O4/c1-28-4-8-30(9-5-28)40(47)32-12-20-36(21-13-32)49-38-24-16-34(17-25-38)42(3,43(44,45)46)35-18-26-39(27-19-35)50-37-22-14-33(15-23-37)41(48)31-10-6-29(2)7-11-31/h4-27H,1-3H3. The zero-order valence-corrected chi connectivity index (χ0v) is 27.6. The van der Waals surface area contributed by atoms with Crippen LogP contribution in [0, 0.1) is 13.8 Å². The Morgan fingerprint density at radius 3 is 0.920 bits per heavy atom. The summed E-state index contributed by atoms with van der Waals surface area (Å²) in [5.41, 5.74) is 2.03. The Morgan fingerprint density at radius 2 is 0.660 bits per heavy atom. The van der Waals surface area contributed by atoms with E-state index in [1.54, 1.807) is 72.8 Å². The van der Waals surface area contributed by atoms with Crippen LogP contribution in [0.1, 0.15) is 61.0 Å². The Bertz CT molecular complexity index is 1950. The van der Waals surface area contributed by atoms with Crippen molar-refractivity contribution in [1.29, 1.82) is 0 Å². The van der Waals surface area contributed by atoms with Crippen molar-refractivity contribution in [3.05, 3.63) is 190 Å². The van der Waals surface area contributed by atoms with E-state index in [0.717, 1.165) is 18.1 Å². The van der Waals surface area contributed by atoms with Crippen LogP contribution in [0.3, 0.4) is 0 Å². The SMILES string of the molecule is Cc1ccc(C(=O)c2ccc(Oc3ccc(C(C)(c4ccc(Oc5ccc(C(=O)c6ccc(C)cc6)cc5)cc4)C(F)(F)F)cc3)cc2)cc1. The minimum absolute atomic E-state index is 0.0406. The summed E-state index contributed by atoms with van der Waals surface area (Å²) in [7, 11) is 0. The van der Waals surface area contributed by atoms with Crippen molar-refractivity contribution < 1.29 is 32.2 Å². The van der Waals surface area contributed by atoms with Crippen LogP contribution in [-0.2, 0) is 5.41 Å². The van der Waals surface area contributed by atoms with Crippen molar-refractivity contribution >= 4 is 11.6 Å². The lowest BCUT2D eigenvalue weighted by molar-refractivity contribution is -0.173. The van der Waals surface area contributed by atoms with Crippen LogP contribution >= 0.6 is 0 Å². The molecule has 250 valence electrons. The fraction of sp³-hybridized carbons (Fsp3) is 0.116. The second kappa shape index (κ2) is 13.9. The van der Waals surface area contributed by atoms with Gasteiger partial charge < -0.3 is 9.47 Å². The molecular weight excluding hydrogens is 637 g/mol. The molecule has 0 aliphatic carbocycles. The Labute approximate surface area is 288 Å². The van der Waals surface area contributed by atoms with Gasteiger partial charge in [-0.15, -0.1) is 0 Å². The molecule has 6 rings (SSSR count). The lowest BCUT2D eigenvalue weighted by Gasteiger charge is -2.33. The van der Waals surface area contributed by atoms with Crippen LogP contribution in [-0.4, -0.2) is 17.7 Å². The van der Waals surface area contributed by atoms with Gasteiger partial charge in [0.15, 0.2) is 11.6 Å². The van der Waals surface area contributed by atoms with Crippen molar-refractivity contribution in [3.63, 3.8) is 0 Å². The van der Waals surface area contributed by atoms with Crippen LogP contribution in [0.4, 0.5) is 13.2 Å². The summed E-state index contributed by atoms with van der Waals surface area (Å²) in [6, 6.07) is 39.4. The van der Waals surface area contributed by atoms with E-state index in [0.29, 0.717) is 45.3 Å². The molecule has 0 aromatic heterocycles. The predicted molar refractivity (Wildman–Crippen MR) is 188 cm³/mol. The normalized spacial score (nSPS) is 11.6. The molecule has 0 bridgehead atoms. The molecule has 50 heavy (non-hydrogen) atoms. The third-order valence-corrected chi connectivity index (χ3v) is 8.76. The van der Waals surface area contributed by atoms with E-state index in [1.807, 2.05) is 38.1 Å². The molecule has 0 N–H and O–H groups in total. The monoisotopic (exact) mass is 670 g/mol. The first-order chi connectivity index (χ1) is 23.9. The quantitative estimate of drug-likeness (QED) is 0.136. The number of hydrogen-bond donors (Lipinski definition) is 0. The number of ether oxygens (including phenoxy) is 2.